The van der Waals surface area contributed by atoms with E-state index in [1.807, 2.05) is 59.5 Å². The number of nitrogens with zero attached hydrogens (tertiary/aromatic N) is 2. The summed E-state index contributed by atoms with van der Waals surface area (Å²) in [5.41, 5.74) is 5.90. The standard InChI is InChI=1S/C49H57N5O7/c55-44-17-15-41(42-16-18-46(57)52-48(42)44)45(56)30-50-22-24-54(38-13-14-38)47(58)21-26-60-25-20-34-8-6-7-33(27-34)19-23-53-31-36-28-39(29-37(36)32-53)61-49(59)51-43-12-5-4-11-40(43)35-9-2-1-3-10-35/h1-12,15-18,27,36-39,45,50,55-56H,13-14,19-26,28-32H2,(H,51,59)(H,52,57)/t36-,37+,39?,45-/m0/s1. The lowest BCUT2D eigenvalue weighted by Gasteiger charge is -2.23. The zero-order chi connectivity index (χ0) is 42.1. The molecule has 4 aromatic carbocycles. The van der Waals surface area contributed by atoms with Crippen LogP contribution in [0.3, 0.4) is 0 Å². The number of rotatable bonds is 19. The normalized spacial score (nSPS) is 19.1. The number of aliphatic hydroxyl groups is 1. The number of amides is 2. The van der Waals surface area contributed by atoms with Crippen LogP contribution in [0.2, 0.25) is 0 Å². The predicted molar refractivity (Wildman–Crippen MR) is 237 cm³/mol. The van der Waals surface area contributed by atoms with Gasteiger partial charge < -0.3 is 39.8 Å². The molecule has 1 aromatic heterocycles. The van der Waals surface area contributed by atoms with E-state index in [1.165, 1.54) is 23.3 Å². The maximum atomic E-state index is 13.2. The van der Waals surface area contributed by atoms with E-state index in [0.717, 1.165) is 75.0 Å². The minimum absolute atomic E-state index is 0.0465. The van der Waals surface area contributed by atoms with E-state index in [1.54, 1.807) is 12.1 Å². The number of phenols is 1. The first-order valence-electron chi connectivity index (χ1n) is 21.8. The fraction of sp³-hybridized carbons (Fsp3) is 0.408. The molecule has 12 heteroatoms. The predicted octanol–water partition coefficient (Wildman–Crippen LogP) is 6.67. The fourth-order valence-electron chi connectivity index (χ4n) is 9.19. The lowest BCUT2D eigenvalue weighted by atomic mass is 10.0. The Kier molecular flexibility index (Phi) is 13.8. The van der Waals surface area contributed by atoms with Crippen LogP contribution in [0.1, 0.15) is 54.9 Å². The van der Waals surface area contributed by atoms with Crippen molar-refractivity contribution in [2.45, 2.75) is 63.2 Å². The van der Waals surface area contributed by atoms with E-state index in [-0.39, 0.29) is 42.0 Å². The van der Waals surface area contributed by atoms with Gasteiger partial charge in [-0.3, -0.25) is 14.9 Å². The minimum atomic E-state index is -0.854. The summed E-state index contributed by atoms with van der Waals surface area (Å²) in [4.78, 5) is 45.0. The monoisotopic (exact) mass is 827 g/mol. The van der Waals surface area contributed by atoms with E-state index in [9.17, 15) is 24.6 Å². The van der Waals surface area contributed by atoms with Gasteiger partial charge >= 0.3 is 6.09 Å². The first kappa shape index (κ1) is 42.2. The molecule has 8 rings (SSSR count). The average molecular weight is 828 g/mol. The first-order chi connectivity index (χ1) is 29.8. The summed E-state index contributed by atoms with van der Waals surface area (Å²) in [6.07, 6.45) is 4.62. The van der Waals surface area contributed by atoms with Crippen LogP contribution in [0.25, 0.3) is 22.0 Å². The number of anilines is 1. The number of carbonyl (C=O) groups is 2. The number of H-pyrrole nitrogens is 1. The molecule has 0 radical (unpaired) electrons. The SMILES string of the molecule is O=C(Nc1ccccc1-c1ccccc1)OC1C[C@@H]2CN(CCc3cccc(CCOCCC(=O)N(CCNC[C@H](O)c4ccc(O)c5[nH]c(=O)ccc45)C4CC4)c3)C[C@@H]2C1. The zero-order valence-electron chi connectivity index (χ0n) is 34.6. The summed E-state index contributed by atoms with van der Waals surface area (Å²) in [6, 6.07) is 33.0. The van der Waals surface area contributed by atoms with E-state index in [0.29, 0.717) is 61.0 Å². The Balaban J connectivity index is 0.702. The molecule has 0 bridgehead atoms. The van der Waals surface area contributed by atoms with E-state index in [2.05, 4.69) is 44.8 Å². The number of hydrogen-bond donors (Lipinski definition) is 5. The number of pyridine rings is 1. The maximum absolute atomic E-state index is 13.2. The van der Waals surface area contributed by atoms with Gasteiger partial charge in [0.2, 0.25) is 11.5 Å². The quantitative estimate of drug-likeness (QED) is 0.0575. The summed E-state index contributed by atoms with van der Waals surface area (Å²) in [6.45, 7) is 5.35. The zero-order valence-corrected chi connectivity index (χ0v) is 34.6. The van der Waals surface area contributed by atoms with Crippen LogP contribution in [0.15, 0.2) is 108 Å². The Bertz CT molecular complexity index is 2320. The number of hydrogen-bond acceptors (Lipinski definition) is 9. The molecule has 1 saturated heterocycles. The molecule has 0 spiro atoms. The molecule has 2 saturated carbocycles. The van der Waals surface area contributed by atoms with Crippen LogP contribution in [0.4, 0.5) is 10.5 Å². The third-order valence-corrected chi connectivity index (χ3v) is 12.5. The molecule has 12 nitrogen and oxygen atoms in total. The first-order valence-corrected chi connectivity index (χ1v) is 21.8. The van der Waals surface area contributed by atoms with Gasteiger partial charge in [0, 0.05) is 62.3 Å². The molecule has 2 heterocycles. The molecule has 1 aliphatic heterocycles. The van der Waals surface area contributed by atoms with Crippen LogP contribution >= 0.6 is 0 Å². The summed E-state index contributed by atoms with van der Waals surface area (Å²) in [5.74, 6) is 1.13. The van der Waals surface area contributed by atoms with E-state index in [4.69, 9.17) is 9.47 Å². The highest BCUT2D eigenvalue weighted by Crippen LogP contribution is 2.40. The number of nitrogens with one attached hydrogen (secondary N) is 3. The van der Waals surface area contributed by atoms with Gasteiger partial charge in [0.1, 0.15) is 11.9 Å². The molecule has 3 fully saturated rings. The van der Waals surface area contributed by atoms with Crippen molar-refractivity contribution in [1.29, 1.82) is 0 Å². The van der Waals surface area contributed by atoms with Gasteiger partial charge in [-0.05, 0) is 90.8 Å². The average Bonchev–Trinajstić information content (AvgIpc) is 3.93. The van der Waals surface area contributed by atoms with Gasteiger partial charge in [-0.15, -0.1) is 0 Å². The van der Waals surface area contributed by atoms with Crippen LogP contribution in [-0.4, -0.2) is 102 Å². The number of aromatic amines is 1. The van der Waals surface area contributed by atoms with Crippen molar-refractivity contribution >= 4 is 28.6 Å². The van der Waals surface area contributed by atoms with Crippen LogP contribution in [0.5, 0.6) is 5.75 Å². The molecule has 61 heavy (non-hydrogen) atoms. The number of likely N-dealkylation sites (tertiary alicyclic amines) is 1. The summed E-state index contributed by atoms with van der Waals surface area (Å²) in [7, 11) is 0. The highest BCUT2D eigenvalue weighted by molar-refractivity contribution is 5.91. The minimum Gasteiger partial charge on any atom is -0.506 e. The van der Waals surface area contributed by atoms with Crippen molar-refractivity contribution in [2.75, 3.05) is 57.8 Å². The van der Waals surface area contributed by atoms with Crippen LogP contribution in [0, 0.1) is 11.8 Å². The number of fused-ring (bicyclic) bond motifs is 2. The molecular formula is C49H57N5O7. The second kappa shape index (κ2) is 19.9. The van der Waals surface area contributed by atoms with Gasteiger partial charge in [0.25, 0.3) is 0 Å². The number of para-hydroxylation sites is 1. The molecule has 5 N–H and O–H groups in total. The highest BCUT2D eigenvalue weighted by Gasteiger charge is 2.42. The van der Waals surface area contributed by atoms with Gasteiger partial charge in [0.15, 0.2) is 0 Å². The van der Waals surface area contributed by atoms with Crippen LogP contribution in [-0.2, 0) is 27.1 Å². The smallest absolute Gasteiger partial charge is 0.411 e. The van der Waals surface area contributed by atoms with Gasteiger partial charge in [-0.1, -0.05) is 78.9 Å². The third kappa shape index (κ3) is 11.1. The number of aromatic hydroxyl groups is 1. The van der Waals surface area contributed by atoms with E-state index >= 15 is 0 Å². The molecule has 3 aliphatic rings. The second-order valence-electron chi connectivity index (χ2n) is 16.8. The number of benzene rings is 4. The molecule has 4 atom stereocenters. The van der Waals surface area contributed by atoms with Crippen molar-refractivity contribution in [3.05, 3.63) is 130 Å². The van der Waals surface area contributed by atoms with E-state index < -0.39 is 6.10 Å². The summed E-state index contributed by atoms with van der Waals surface area (Å²) >= 11 is 0. The lowest BCUT2D eigenvalue weighted by Crippen LogP contribution is -2.39. The Hall–Kier alpha value is -5.53. The van der Waals surface area contributed by atoms with Crippen molar-refractivity contribution in [1.82, 2.24) is 20.1 Å². The molecule has 2 aliphatic carbocycles. The van der Waals surface area contributed by atoms with Crippen molar-refractivity contribution in [2.24, 2.45) is 11.8 Å². The molecule has 2 amide bonds. The maximum Gasteiger partial charge on any atom is 0.411 e. The molecule has 320 valence electrons. The Morgan fingerprint density at radius 1 is 0.869 bits per heavy atom. The lowest BCUT2D eigenvalue weighted by molar-refractivity contribution is -0.132. The topological polar surface area (TPSA) is 156 Å². The van der Waals surface area contributed by atoms with Crippen LogP contribution < -0.4 is 16.2 Å². The second-order valence-corrected chi connectivity index (χ2v) is 16.8. The Labute approximate surface area is 356 Å². The summed E-state index contributed by atoms with van der Waals surface area (Å²) in [5, 5.41) is 27.9. The van der Waals surface area contributed by atoms with Crippen molar-refractivity contribution < 1.29 is 29.3 Å². The number of ether oxygens (including phenoxy) is 2. The molecular weight excluding hydrogens is 771 g/mol. The van der Waals surface area contributed by atoms with Gasteiger partial charge in [-0.2, -0.15) is 0 Å². The number of carbonyl (C=O) groups excluding carboxylic acids is 2. The largest absolute Gasteiger partial charge is 0.506 e. The number of aromatic nitrogens is 1. The van der Waals surface area contributed by atoms with Gasteiger partial charge in [-0.25, -0.2) is 4.79 Å². The third-order valence-electron chi connectivity index (χ3n) is 12.5. The fourth-order valence-corrected chi connectivity index (χ4v) is 9.19. The molecule has 5 aromatic rings. The van der Waals surface area contributed by atoms with Crippen molar-refractivity contribution in [3.63, 3.8) is 0 Å². The number of phenolic OH excluding ortho intramolecular Hbond substituents is 1. The number of aliphatic hydroxyl groups excluding tert-OH is 1. The molecule has 1 unspecified atom stereocenters. The Morgan fingerprint density at radius 2 is 1.62 bits per heavy atom. The van der Waals surface area contributed by atoms with Gasteiger partial charge in [0.05, 0.1) is 36.9 Å². The summed E-state index contributed by atoms with van der Waals surface area (Å²) < 4.78 is 11.9. The highest BCUT2D eigenvalue weighted by atomic mass is 16.6. The Morgan fingerprint density at radius 3 is 2.41 bits per heavy atom. The van der Waals surface area contributed by atoms with Crippen molar-refractivity contribution in [3.8, 4) is 16.9 Å².